The molecule has 0 aliphatic carbocycles. The van der Waals surface area contributed by atoms with E-state index in [1.165, 1.54) is 5.41 Å². The molecule has 0 saturated heterocycles. The van der Waals surface area contributed by atoms with Crippen molar-refractivity contribution in [2.45, 2.75) is 6.04 Å². The molecule has 0 aromatic heterocycles. The third-order valence-electron chi connectivity index (χ3n) is 3.12. The lowest BCUT2D eigenvalue weighted by Gasteiger charge is -2.12. The third kappa shape index (κ3) is 3.64. The van der Waals surface area contributed by atoms with Crippen LogP contribution in [0.25, 0.3) is 0 Å². The van der Waals surface area contributed by atoms with Crippen LogP contribution in [-0.2, 0) is 9.84 Å². The van der Waals surface area contributed by atoms with Gasteiger partial charge in [-0.1, -0.05) is 24.3 Å². The molecule has 0 saturated carbocycles. The molecule has 1 aliphatic rings. The van der Waals surface area contributed by atoms with E-state index >= 15 is 0 Å². The second-order valence-corrected chi connectivity index (χ2v) is 6.78. The Balaban J connectivity index is 1.64. The second kappa shape index (κ2) is 5.61. The molecule has 0 amide bonds. The van der Waals surface area contributed by atoms with Gasteiger partial charge in [0.05, 0.1) is 11.8 Å². The molecule has 2 aromatic rings. The van der Waals surface area contributed by atoms with Gasteiger partial charge in [0.2, 0.25) is 0 Å². The zero-order valence-electron chi connectivity index (χ0n) is 11.3. The SMILES string of the molecule is O=S1(=O)C=C[C@@H](Nc2ccc(Oc3ccccc3)cc2)C1. The van der Waals surface area contributed by atoms with Gasteiger partial charge >= 0.3 is 0 Å². The summed E-state index contributed by atoms with van der Waals surface area (Å²) in [6.07, 6.45) is 1.67. The largest absolute Gasteiger partial charge is 0.457 e. The van der Waals surface area contributed by atoms with Gasteiger partial charge in [-0.3, -0.25) is 0 Å². The highest BCUT2D eigenvalue weighted by Gasteiger charge is 2.21. The zero-order chi connectivity index (χ0) is 14.7. The number of sulfone groups is 1. The number of anilines is 1. The smallest absolute Gasteiger partial charge is 0.173 e. The lowest BCUT2D eigenvalue weighted by atomic mass is 10.2. The third-order valence-corrected chi connectivity index (χ3v) is 4.51. The Morgan fingerprint density at radius 2 is 1.62 bits per heavy atom. The topological polar surface area (TPSA) is 55.4 Å². The van der Waals surface area contributed by atoms with Gasteiger partial charge in [0.25, 0.3) is 0 Å². The summed E-state index contributed by atoms with van der Waals surface area (Å²) >= 11 is 0. The van der Waals surface area contributed by atoms with Crippen LogP contribution in [0.2, 0.25) is 0 Å². The highest BCUT2D eigenvalue weighted by atomic mass is 32.2. The minimum Gasteiger partial charge on any atom is -0.457 e. The summed E-state index contributed by atoms with van der Waals surface area (Å²) in [7, 11) is -3.03. The molecule has 21 heavy (non-hydrogen) atoms. The van der Waals surface area contributed by atoms with Crippen molar-refractivity contribution in [3.05, 3.63) is 66.1 Å². The fourth-order valence-corrected chi connectivity index (χ4v) is 3.36. The van der Waals surface area contributed by atoms with Crippen molar-refractivity contribution in [2.24, 2.45) is 0 Å². The molecule has 0 unspecified atom stereocenters. The van der Waals surface area contributed by atoms with Crippen LogP contribution in [0.3, 0.4) is 0 Å². The molecule has 0 fully saturated rings. The van der Waals surface area contributed by atoms with Crippen LogP contribution >= 0.6 is 0 Å². The normalized spacial score (nSPS) is 19.3. The Morgan fingerprint density at radius 1 is 0.952 bits per heavy atom. The highest BCUT2D eigenvalue weighted by Crippen LogP contribution is 2.23. The maximum atomic E-state index is 11.3. The van der Waals surface area contributed by atoms with Crippen molar-refractivity contribution in [2.75, 3.05) is 11.1 Å². The number of rotatable bonds is 4. The van der Waals surface area contributed by atoms with E-state index in [0.717, 1.165) is 17.2 Å². The van der Waals surface area contributed by atoms with Gasteiger partial charge in [0.1, 0.15) is 11.5 Å². The minimum absolute atomic E-state index is 0.106. The molecule has 1 aliphatic heterocycles. The number of para-hydroxylation sites is 1. The summed E-state index contributed by atoms with van der Waals surface area (Å²) in [5.74, 6) is 1.62. The molecule has 2 aromatic carbocycles. The van der Waals surface area contributed by atoms with Crippen LogP contribution in [0, 0.1) is 0 Å². The predicted molar refractivity (Wildman–Crippen MR) is 83.3 cm³/mol. The molecule has 3 rings (SSSR count). The van der Waals surface area contributed by atoms with Crippen LogP contribution in [0.4, 0.5) is 5.69 Å². The van der Waals surface area contributed by atoms with E-state index in [1.54, 1.807) is 6.08 Å². The van der Waals surface area contributed by atoms with Crippen molar-refractivity contribution in [1.82, 2.24) is 0 Å². The maximum Gasteiger partial charge on any atom is 0.173 e. The van der Waals surface area contributed by atoms with Gasteiger partial charge < -0.3 is 10.1 Å². The summed E-state index contributed by atoms with van der Waals surface area (Å²) in [6.45, 7) is 0. The molecule has 108 valence electrons. The molecule has 1 heterocycles. The van der Waals surface area contributed by atoms with Gasteiger partial charge in [0.15, 0.2) is 9.84 Å². The van der Waals surface area contributed by atoms with E-state index in [0.29, 0.717) is 0 Å². The summed E-state index contributed by atoms with van der Waals surface area (Å²) < 4.78 is 28.4. The summed E-state index contributed by atoms with van der Waals surface area (Å²) in [4.78, 5) is 0. The first-order valence-electron chi connectivity index (χ1n) is 6.61. The van der Waals surface area contributed by atoms with E-state index in [2.05, 4.69) is 5.32 Å². The number of hydrogen-bond donors (Lipinski definition) is 1. The molecule has 1 N–H and O–H groups in total. The molecule has 0 bridgehead atoms. The van der Waals surface area contributed by atoms with Crippen molar-refractivity contribution < 1.29 is 13.2 Å². The molecule has 0 spiro atoms. The standard InChI is InChI=1S/C16H15NO3S/c18-21(19)11-10-14(12-21)17-13-6-8-16(9-7-13)20-15-4-2-1-3-5-15/h1-11,14,17H,12H2/t14-/m1/s1. The lowest BCUT2D eigenvalue weighted by Crippen LogP contribution is -2.20. The van der Waals surface area contributed by atoms with Crippen molar-refractivity contribution in [3.63, 3.8) is 0 Å². The first-order valence-corrected chi connectivity index (χ1v) is 8.33. The van der Waals surface area contributed by atoms with E-state index < -0.39 is 9.84 Å². The molecule has 0 radical (unpaired) electrons. The monoisotopic (exact) mass is 301 g/mol. The van der Waals surface area contributed by atoms with Gasteiger partial charge in [-0.15, -0.1) is 0 Å². The zero-order valence-corrected chi connectivity index (χ0v) is 12.1. The number of benzene rings is 2. The summed E-state index contributed by atoms with van der Waals surface area (Å²) in [5.41, 5.74) is 0.863. The molecular formula is C16H15NO3S. The van der Waals surface area contributed by atoms with Crippen LogP contribution in [0.15, 0.2) is 66.1 Å². The minimum atomic E-state index is -3.03. The van der Waals surface area contributed by atoms with Gasteiger partial charge in [-0.25, -0.2) is 8.42 Å². The fourth-order valence-electron chi connectivity index (χ4n) is 2.12. The summed E-state index contributed by atoms with van der Waals surface area (Å²) in [6, 6.07) is 16.8. The van der Waals surface area contributed by atoms with Crippen LogP contribution in [0.1, 0.15) is 0 Å². The Hall–Kier alpha value is -2.27. The average Bonchev–Trinajstić information content (AvgIpc) is 2.81. The van der Waals surface area contributed by atoms with Gasteiger partial charge in [-0.05, 0) is 36.4 Å². The molecule has 4 nitrogen and oxygen atoms in total. The van der Waals surface area contributed by atoms with Crippen molar-refractivity contribution >= 4 is 15.5 Å². The van der Waals surface area contributed by atoms with Crippen LogP contribution in [-0.4, -0.2) is 20.2 Å². The van der Waals surface area contributed by atoms with Crippen molar-refractivity contribution in [3.8, 4) is 11.5 Å². The van der Waals surface area contributed by atoms with E-state index in [1.807, 2.05) is 54.6 Å². The number of ether oxygens (including phenoxy) is 1. The lowest BCUT2D eigenvalue weighted by molar-refractivity contribution is 0.483. The Kier molecular flexibility index (Phi) is 3.66. The first-order chi connectivity index (χ1) is 10.1. The Morgan fingerprint density at radius 3 is 2.24 bits per heavy atom. The number of hydrogen-bond acceptors (Lipinski definition) is 4. The van der Waals surface area contributed by atoms with E-state index in [-0.39, 0.29) is 11.8 Å². The molecular weight excluding hydrogens is 286 g/mol. The van der Waals surface area contributed by atoms with Crippen LogP contribution < -0.4 is 10.1 Å². The fraction of sp³-hybridized carbons (Fsp3) is 0.125. The van der Waals surface area contributed by atoms with Gasteiger partial charge in [0, 0.05) is 11.1 Å². The molecule has 5 heteroatoms. The van der Waals surface area contributed by atoms with Crippen molar-refractivity contribution in [1.29, 1.82) is 0 Å². The Bertz CT molecular complexity index is 737. The average molecular weight is 301 g/mol. The van der Waals surface area contributed by atoms with Gasteiger partial charge in [-0.2, -0.15) is 0 Å². The van der Waals surface area contributed by atoms with Crippen LogP contribution in [0.5, 0.6) is 11.5 Å². The Labute approximate surface area is 124 Å². The first kappa shape index (κ1) is 13.7. The molecule has 1 atom stereocenters. The van der Waals surface area contributed by atoms with E-state index in [4.69, 9.17) is 4.74 Å². The van der Waals surface area contributed by atoms with E-state index in [9.17, 15) is 8.42 Å². The summed E-state index contributed by atoms with van der Waals surface area (Å²) in [5, 5.41) is 4.43. The maximum absolute atomic E-state index is 11.3. The second-order valence-electron chi connectivity index (χ2n) is 4.85. The highest BCUT2D eigenvalue weighted by molar-refractivity contribution is 7.94. The number of nitrogens with one attached hydrogen (secondary N) is 1. The predicted octanol–water partition coefficient (Wildman–Crippen LogP) is 3.20. The quantitative estimate of drug-likeness (QED) is 0.942.